The zero-order chi connectivity index (χ0) is 17.5. The van der Waals surface area contributed by atoms with E-state index in [2.05, 4.69) is 16.9 Å². The number of benzene rings is 1. The van der Waals surface area contributed by atoms with E-state index in [1.165, 1.54) is 0 Å². The number of rotatable bonds is 7. The lowest BCUT2D eigenvalue weighted by Gasteiger charge is -2.17. The Bertz CT molecular complexity index is 702. The van der Waals surface area contributed by atoms with E-state index in [9.17, 15) is 0 Å². The Balaban J connectivity index is 2.24. The monoisotopic (exact) mass is 348 g/mol. The van der Waals surface area contributed by atoms with Crippen LogP contribution in [0.4, 0.5) is 5.69 Å². The zero-order valence-corrected chi connectivity index (χ0v) is 15.0. The molecule has 0 amide bonds. The van der Waals surface area contributed by atoms with E-state index in [1.807, 2.05) is 19.1 Å². The molecule has 1 aromatic heterocycles. The largest absolute Gasteiger partial charge is 0.493 e. The highest BCUT2D eigenvalue weighted by atomic mass is 35.5. The smallest absolute Gasteiger partial charge is 0.213 e. The predicted octanol–water partition coefficient (Wildman–Crippen LogP) is 4.68. The van der Waals surface area contributed by atoms with Gasteiger partial charge in [-0.25, -0.2) is 4.98 Å². The summed E-state index contributed by atoms with van der Waals surface area (Å²) in [7, 11) is 3.16. The topological polar surface area (TPSA) is 52.9 Å². The number of aromatic nitrogens is 1. The molecule has 2 aromatic rings. The first-order valence-corrected chi connectivity index (χ1v) is 8.03. The van der Waals surface area contributed by atoms with Gasteiger partial charge in [-0.1, -0.05) is 18.5 Å². The van der Waals surface area contributed by atoms with Crippen LogP contribution in [0.1, 0.15) is 25.8 Å². The van der Waals surface area contributed by atoms with Crippen molar-refractivity contribution in [1.82, 2.24) is 4.98 Å². The highest BCUT2D eigenvalue weighted by Gasteiger charge is 2.13. The van der Waals surface area contributed by atoms with E-state index in [0.717, 1.165) is 12.0 Å². The van der Waals surface area contributed by atoms with E-state index < -0.39 is 0 Å². The number of nitrogens with zero attached hydrogens (tertiary/aromatic N) is 2. The Labute approximate surface area is 147 Å². The number of ether oxygens (including phenoxy) is 3. The number of hydrogen-bond donors (Lipinski definition) is 0. The molecule has 2 rings (SSSR count). The van der Waals surface area contributed by atoms with Gasteiger partial charge < -0.3 is 14.2 Å². The number of hydrogen-bond acceptors (Lipinski definition) is 5. The Morgan fingerprint density at radius 2 is 2.04 bits per heavy atom. The van der Waals surface area contributed by atoms with Crippen molar-refractivity contribution in [3.05, 3.63) is 41.0 Å². The number of methoxy groups -OCH3 is 2. The van der Waals surface area contributed by atoms with Gasteiger partial charge in [0.05, 0.1) is 37.2 Å². The van der Waals surface area contributed by atoms with Gasteiger partial charge in [0.15, 0.2) is 11.5 Å². The minimum Gasteiger partial charge on any atom is -0.493 e. The fraction of sp³-hybridized carbons (Fsp3) is 0.333. The molecule has 0 saturated carbocycles. The van der Waals surface area contributed by atoms with E-state index >= 15 is 0 Å². The van der Waals surface area contributed by atoms with Crippen LogP contribution in [-0.4, -0.2) is 31.5 Å². The Kier molecular flexibility index (Phi) is 6.44. The minimum atomic E-state index is 0.0568. The number of halogens is 1. The molecule has 0 spiro atoms. The molecule has 0 aliphatic rings. The summed E-state index contributed by atoms with van der Waals surface area (Å²) in [5, 5.41) is 0.490. The summed E-state index contributed by atoms with van der Waals surface area (Å²) < 4.78 is 16.2. The summed E-state index contributed by atoms with van der Waals surface area (Å²) in [4.78, 5) is 8.49. The molecule has 0 aliphatic heterocycles. The van der Waals surface area contributed by atoms with Crippen molar-refractivity contribution in [2.45, 2.75) is 26.4 Å². The summed E-state index contributed by atoms with van der Waals surface area (Å²) >= 11 is 6.34. The minimum absolute atomic E-state index is 0.0568. The summed E-state index contributed by atoms with van der Waals surface area (Å²) in [5.74, 6) is 1.68. The molecule has 0 saturated heterocycles. The fourth-order valence-electron chi connectivity index (χ4n) is 1.93. The maximum Gasteiger partial charge on any atom is 0.213 e. The van der Waals surface area contributed by atoms with Crippen LogP contribution in [0.3, 0.4) is 0 Å². The summed E-state index contributed by atoms with van der Waals surface area (Å²) in [6.45, 7) is 4.04. The first-order chi connectivity index (χ1) is 11.6. The third kappa shape index (κ3) is 4.61. The summed E-state index contributed by atoms with van der Waals surface area (Å²) in [6.07, 6.45) is 4.27. The summed E-state index contributed by atoms with van der Waals surface area (Å²) in [6, 6.07) is 7.21. The second kappa shape index (κ2) is 8.55. The van der Waals surface area contributed by atoms with E-state index in [4.69, 9.17) is 25.8 Å². The third-order valence-electron chi connectivity index (χ3n) is 3.44. The van der Waals surface area contributed by atoms with Crippen LogP contribution in [0.15, 0.2) is 35.5 Å². The van der Waals surface area contributed by atoms with Crippen LogP contribution in [0.5, 0.6) is 17.4 Å². The first-order valence-electron chi connectivity index (χ1n) is 7.65. The molecule has 1 aromatic carbocycles. The van der Waals surface area contributed by atoms with Gasteiger partial charge in [-0.3, -0.25) is 4.99 Å². The number of pyridine rings is 1. The van der Waals surface area contributed by atoms with Crippen LogP contribution in [0.2, 0.25) is 5.02 Å². The normalized spacial score (nSPS) is 12.2. The maximum atomic E-state index is 6.34. The third-order valence-corrected chi connectivity index (χ3v) is 3.72. The van der Waals surface area contributed by atoms with Crippen LogP contribution < -0.4 is 14.2 Å². The van der Waals surface area contributed by atoms with E-state index in [1.54, 1.807) is 38.8 Å². The van der Waals surface area contributed by atoms with Gasteiger partial charge in [0.1, 0.15) is 0 Å². The SMILES string of the molecule is CC[C@H](C)Oc1c(Cl)cc(C=Nc2ccc(OC)nc2)cc1OC. The van der Waals surface area contributed by atoms with Gasteiger partial charge in [0.25, 0.3) is 0 Å². The maximum absolute atomic E-state index is 6.34. The average molecular weight is 349 g/mol. The molecular formula is C18H21ClN2O3. The lowest BCUT2D eigenvalue weighted by Crippen LogP contribution is -2.11. The van der Waals surface area contributed by atoms with Crippen molar-refractivity contribution in [3.63, 3.8) is 0 Å². The van der Waals surface area contributed by atoms with Crippen molar-refractivity contribution in [1.29, 1.82) is 0 Å². The van der Waals surface area contributed by atoms with Crippen molar-refractivity contribution < 1.29 is 14.2 Å². The highest BCUT2D eigenvalue weighted by Crippen LogP contribution is 2.37. The Morgan fingerprint density at radius 3 is 2.62 bits per heavy atom. The average Bonchev–Trinajstić information content (AvgIpc) is 2.61. The molecule has 0 aliphatic carbocycles. The standard InChI is InChI=1S/C18H21ClN2O3/c1-5-12(2)24-18-15(19)8-13(9-16(18)22-3)10-20-14-6-7-17(23-4)21-11-14/h6-12H,5H2,1-4H3/t12-/m0/s1. The van der Waals surface area contributed by atoms with Crippen molar-refractivity contribution in [2.75, 3.05) is 14.2 Å². The van der Waals surface area contributed by atoms with Gasteiger partial charge in [0.2, 0.25) is 5.88 Å². The van der Waals surface area contributed by atoms with Crippen molar-refractivity contribution in [3.8, 4) is 17.4 Å². The van der Waals surface area contributed by atoms with Crippen LogP contribution in [0, 0.1) is 0 Å². The van der Waals surface area contributed by atoms with Gasteiger partial charge in [0, 0.05) is 12.3 Å². The molecule has 128 valence electrons. The van der Waals surface area contributed by atoms with Gasteiger partial charge in [-0.2, -0.15) is 0 Å². The van der Waals surface area contributed by atoms with E-state index in [-0.39, 0.29) is 6.10 Å². The van der Waals surface area contributed by atoms with E-state index in [0.29, 0.717) is 28.1 Å². The molecule has 0 fully saturated rings. The quantitative estimate of drug-likeness (QED) is 0.682. The lowest BCUT2D eigenvalue weighted by molar-refractivity contribution is 0.208. The lowest BCUT2D eigenvalue weighted by atomic mass is 10.2. The summed E-state index contributed by atoms with van der Waals surface area (Å²) in [5.41, 5.74) is 1.52. The number of aliphatic imine (C=N–C) groups is 1. The molecule has 0 radical (unpaired) electrons. The Morgan fingerprint density at radius 1 is 1.25 bits per heavy atom. The molecule has 1 atom stereocenters. The fourth-order valence-corrected chi connectivity index (χ4v) is 2.20. The van der Waals surface area contributed by atoms with Crippen LogP contribution >= 0.6 is 11.6 Å². The molecular weight excluding hydrogens is 328 g/mol. The molecule has 0 N–H and O–H groups in total. The highest BCUT2D eigenvalue weighted by molar-refractivity contribution is 6.32. The molecule has 6 heteroatoms. The first kappa shape index (κ1) is 18.1. The van der Waals surface area contributed by atoms with Crippen LogP contribution in [0.25, 0.3) is 0 Å². The van der Waals surface area contributed by atoms with Crippen molar-refractivity contribution >= 4 is 23.5 Å². The molecule has 1 heterocycles. The molecule has 5 nitrogen and oxygen atoms in total. The van der Waals surface area contributed by atoms with Gasteiger partial charge >= 0.3 is 0 Å². The van der Waals surface area contributed by atoms with Gasteiger partial charge in [-0.05, 0) is 37.1 Å². The molecule has 24 heavy (non-hydrogen) atoms. The molecule has 0 bridgehead atoms. The van der Waals surface area contributed by atoms with Crippen molar-refractivity contribution in [2.24, 2.45) is 4.99 Å². The second-order valence-electron chi connectivity index (χ2n) is 5.19. The van der Waals surface area contributed by atoms with Gasteiger partial charge in [-0.15, -0.1) is 0 Å². The second-order valence-corrected chi connectivity index (χ2v) is 5.59. The Hall–Kier alpha value is -2.27. The molecule has 0 unspecified atom stereocenters. The zero-order valence-electron chi connectivity index (χ0n) is 14.2. The van der Waals surface area contributed by atoms with Crippen LogP contribution in [-0.2, 0) is 0 Å². The predicted molar refractivity (Wildman–Crippen MR) is 96.4 cm³/mol.